The largest absolute Gasteiger partial charge is 0.396 e. The predicted octanol–water partition coefficient (Wildman–Crippen LogP) is 2.98. The first-order valence-corrected chi connectivity index (χ1v) is 5.47. The lowest BCUT2D eigenvalue weighted by Crippen LogP contribution is -2.14. The predicted molar refractivity (Wildman–Crippen MR) is 52.1 cm³/mol. The molecule has 1 N–H and O–H groups in total. The molecule has 0 radical (unpaired) electrons. The van der Waals surface area contributed by atoms with Crippen LogP contribution >= 0.6 is 0 Å². The molecule has 0 heterocycles. The van der Waals surface area contributed by atoms with Crippen LogP contribution in [0, 0.1) is 11.8 Å². The highest BCUT2D eigenvalue weighted by Crippen LogP contribution is 2.29. The maximum absolute atomic E-state index is 9.06. The van der Waals surface area contributed by atoms with Gasteiger partial charge in [0.2, 0.25) is 0 Å². The van der Waals surface area contributed by atoms with Gasteiger partial charge in [0.15, 0.2) is 0 Å². The van der Waals surface area contributed by atoms with Gasteiger partial charge < -0.3 is 5.11 Å². The molecule has 1 atom stereocenters. The van der Waals surface area contributed by atoms with Gasteiger partial charge in [0.1, 0.15) is 0 Å². The van der Waals surface area contributed by atoms with E-state index in [4.69, 9.17) is 5.11 Å². The van der Waals surface area contributed by atoms with Crippen LogP contribution in [0.15, 0.2) is 0 Å². The Kier molecular flexibility index (Phi) is 4.67. The standard InChI is InChI=1S/C11H22O/c1-2-10(9-12)8-11-6-4-3-5-7-11/h10-12H,2-9H2,1H3. The maximum atomic E-state index is 9.06. The Morgan fingerprint density at radius 3 is 2.42 bits per heavy atom. The molecule has 1 saturated carbocycles. The SMILES string of the molecule is CCC(CO)CC1CCCCC1. The zero-order chi connectivity index (χ0) is 8.81. The Morgan fingerprint density at radius 1 is 1.25 bits per heavy atom. The monoisotopic (exact) mass is 170 g/mol. The molecule has 0 spiro atoms. The van der Waals surface area contributed by atoms with Crippen molar-refractivity contribution in [1.29, 1.82) is 0 Å². The molecule has 1 aliphatic carbocycles. The third kappa shape index (κ3) is 3.14. The van der Waals surface area contributed by atoms with Gasteiger partial charge in [0, 0.05) is 6.61 Å². The number of aliphatic hydroxyl groups excluding tert-OH is 1. The summed E-state index contributed by atoms with van der Waals surface area (Å²) >= 11 is 0. The summed E-state index contributed by atoms with van der Waals surface area (Å²) in [6, 6.07) is 0. The molecule has 1 aliphatic rings. The summed E-state index contributed by atoms with van der Waals surface area (Å²) in [6.07, 6.45) is 9.53. The summed E-state index contributed by atoms with van der Waals surface area (Å²) < 4.78 is 0. The normalized spacial score (nSPS) is 22.5. The number of aliphatic hydroxyl groups is 1. The van der Waals surface area contributed by atoms with Crippen LogP contribution < -0.4 is 0 Å². The Bertz CT molecular complexity index is 102. The Morgan fingerprint density at radius 2 is 1.92 bits per heavy atom. The summed E-state index contributed by atoms with van der Waals surface area (Å²) in [4.78, 5) is 0. The highest BCUT2D eigenvalue weighted by molar-refractivity contribution is 4.69. The van der Waals surface area contributed by atoms with Gasteiger partial charge in [-0.2, -0.15) is 0 Å². The van der Waals surface area contributed by atoms with E-state index >= 15 is 0 Å². The average molecular weight is 170 g/mol. The highest BCUT2D eigenvalue weighted by atomic mass is 16.3. The van der Waals surface area contributed by atoms with E-state index in [9.17, 15) is 0 Å². The second-order valence-electron chi connectivity index (χ2n) is 4.20. The summed E-state index contributed by atoms with van der Waals surface area (Å²) in [5, 5.41) is 9.06. The Labute approximate surface area is 76.2 Å². The lowest BCUT2D eigenvalue weighted by atomic mass is 9.82. The minimum absolute atomic E-state index is 0.396. The van der Waals surface area contributed by atoms with Gasteiger partial charge in [-0.05, 0) is 18.3 Å². The van der Waals surface area contributed by atoms with Gasteiger partial charge in [-0.1, -0.05) is 45.4 Å². The molecular formula is C11H22O. The van der Waals surface area contributed by atoms with Crippen molar-refractivity contribution in [1.82, 2.24) is 0 Å². The van der Waals surface area contributed by atoms with Crippen LogP contribution in [0.5, 0.6) is 0 Å². The van der Waals surface area contributed by atoms with E-state index in [1.165, 1.54) is 38.5 Å². The second-order valence-corrected chi connectivity index (χ2v) is 4.20. The van der Waals surface area contributed by atoms with E-state index in [2.05, 4.69) is 6.92 Å². The molecule has 0 aliphatic heterocycles. The maximum Gasteiger partial charge on any atom is 0.0459 e. The summed E-state index contributed by atoms with van der Waals surface area (Å²) in [5.74, 6) is 1.50. The molecular weight excluding hydrogens is 148 g/mol. The van der Waals surface area contributed by atoms with Crippen molar-refractivity contribution in [3.8, 4) is 0 Å². The van der Waals surface area contributed by atoms with Crippen molar-refractivity contribution in [2.75, 3.05) is 6.61 Å². The Hall–Kier alpha value is -0.0400. The second kappa shape index (κ2) is 5.58. The first-order chi connectivity index (χ1) is 5.86. The molecule has 1 fully saturated rings. The first-order valence-electron chi connectivity index (χ1n) is 5.47. The van der Waals surface area contributed by atoms with Gasteiger partial charge in [0.05, 0.1) is 0 Å². The van der Waals surface area contributed by atoms with Crippen LogP contribution in [-0.2, 0) is 0 Å². The summed E-state index contributed by atoms with van der Waals surface area (Å²) in [6.45, 7) is 2.58. The van der Waals surface area contributed by atoms with Crippen molar-refractivity contribution >= 4 is 0 Å². The third-order valence-electron chi connectivity index (χ3n) is 3.23. The number of hydrogen-bond donors (Lipinski definition) is 1. The minimum Gasteiger partial charge on any atom is -0.396 e. The zero-order valence-electron chi connectivity index (χ0n) is 8.26. The fourth-order valence-corrected chi connectivity index (χ4v) is 2.26. The molecule has 0 aromatic rings. The van der Waals surface area contributed by atoms with E-state index in [-0.39, 0.29) is 0 Å². The van der Waals surface area contributed by atoms with Crippen molar-refractivity contribution < 1.29 is 5.11 Å². The molecule has 1 heteroatoms. The van der Waals surface area contributed by atoms with Gasteiger partial charge in [-0.3, -0.25) is 0 Å². The van der Waals surface area contributed by atoms with Crippen LogP contribution in [0.2, 0.25) is 0 Å². The summed E-state index contributed by atoms with van der Waals surface area (Å²) in [5.41, 5.74) is 0. The third-order valence-corrected chi connectivity index (χ3v) is 3.23. The van der Waals surface area contributed by atoms with Gasteiger partial charge >= 0.3 is 0 Å². The van der Waals surface area contributed by atoms with Crippen LogP contribution in [0.4, 0.5) is 0 Å². The highest BCUT2D eigenvalue weighted by Gasteiger charge is 2.17. The molecule has 1 unspecified atom stereocenters. The molecule has 72 valence electrons. The van der Waals surface area contributed by atoms with Crippen molar-refractivity contribution in [3.05, 3.63) is 0 Å². The summed E-state index contributed by atoms with van der Waals surface area (Å²) in [7, 11) is 0. The van der Waals surface area contributed by atoms with Crippen LogP contribution in [0.3, 0.4) is 0 Å². The number of rotatable bonds is 4. The zero-order valence-corrected chi connectivity index (χ0v) is 8.26. The minimum atomic E-state index is 0.396. The van der Waals surface area contributed by atoms with E-state index < -0.39 is 0 Å². The molecule has 0 aromatic carbocycles. The number of hydrogen-bond acceptors (Lipinski definition) is 1. The molecule has 0 bridgehead atoms. The van der Waals surface area contributed by atoms with E-state index in [0.29, 0.717) is 12.5 Å². The fraction of sp³-hybridized carbons (Fsp3) is 1.00. The Balaban J connectivity index is 2.18. The molecule has 0 amide bonds. The van der Waals surface area contributed by atoms with Crippen LogP contribution in [0.1, 0.15) is 51.9 Å². The van der Waals surface area contributed by atoms with Crippen LogP contribution in [-0.4, -0.2) is 11.7 Å². The van der Waals surface area contributed by atoms with Crippen LogP contribution in [0.25, 0.3) is 0 Å². The van der Waals surface area contributed by atoms with Crippen molar-refractivity contribution in [2.45, 2.75) is 51.9 Å². The van der Waals surface area contributed by atoms with E-state index in [1.54, 1.807) is 0 Å². The smallest absolute Gasteiger partial charge is 0.0459 e. The lowest BCUT2D eigenvalue weighted by Gasteiger charge is -2.24. The molecule has 12 heavy (non-hydrogen) atoms. The average Bonchev–Trinajstić information content (AvgIpc) is 2.16. The van der Waals surface area contributed by atoms with Gasteiger partial charge in [0.25, 0.3) is 0 Å². The van der Waals surface area contributed by atoms with Crippen molar-refractivity contribution in [2.24, 2.45) is 11.8 Å². The fourth-order valence-electron chi connectivity index (χ4n) is 2.26. The lowest BCUT2D eigenvalue weighted by molar-refractivity contribution is 0.182. The van der Waals surface area contributed by atoms with Gasteiger partial charge in [-0.25, -0.2) is 0 Å². The molecule has 0 aromatic heterocycles. The first kappa shape index (κ1) is 10.0. The van der Waals surface area contributed by atoms with Gasteiger partial charge in [-0.15, -0.1) is 0 Å². The molecule has 0 saturated heterocycles. The van der Waals surface area contributed by atoms with E-state index in [1.807, 2.05) is 0 Å². The topological polar surface area (TPSA) is 20.2 Å². The molecule has 1 rings (SSSR count). The van der Waals surface area contributed by atoms with Crippen molar-refractivity contribution in [3.63, 3.8) is 0 Å². The molecule has 1 nitrogen and oxygen atoms in total. The van der Waals surface area contributed by atoms with E-state index in [0.717, 1.165) is 12.3 Å². The quantitative estimate of drug-likeness (QED) is 0.687.